The molecule has 2 aromatic rings. The third-order valence-corrected chi connectivity index (χ3v) is 8.20. The van der Waals surface area contributed by atoms with E-state index in [9.17, 15) is 13.2 Å². The molecule has 1 aromatic carbocycles. The summed E-state index contributed by atoms with van der Waals surface area (Å²) in [5.74, 6) is 1.34. The molecular formula is C24H33N3O6S. The monoisotopic (exact) mass is 491 g/mol. The van der Waals surface area contributed by atoms with Crippen molar-refractivity contribution >= 4 is 15.9 Å². The maximum atomic E-state index is 13.1. The number of hydrogen-bond acceptors (Lipinski definition) is 7. The van der Waals surface area contributed by atoms with E-state index in [2.05, 4.69) is 4.98 Å². The summed E-state index contributed by atoms with van der Waals surface area (Å²) >= 11 is 0. The number of rotatable bonds is 8. The molecule has 0 atom stereocenters. The quantitative estimate of drug-likeness (QED) is 0.560. The fraction of sp³-hybridized carbons (Fsp3) is 0.500. The van der Waals surface area contributed by atoms with Crippen LogP contribution in [0.1, 0.15) is 29.7 Å². The molecule has 1 fully saturated rings. The molecular weight excluding hydrogens is 458 g/mol. The number of carbonyl (C=O) groups excluding carboxylic acids is 1. The lowest BCUT2D eigenvalue weighted by Crippen LogP contribution is -2.43. The SMILES string of the molecule is COc1ccc(S(=O)(=O)N2CCC(C(=O)N(C)Cc3ncc(C)c(OC)c3C)CC2)cc1OC. The largest absolute Gasteiger partial charge is 0.496 e. The summed E-state index contributed by atoms with van der Waals surface area (Å²) in [7, 11) is 2.63. The standard InChI is InChI=1S/C24H33N3O6S/c1-16-14-25-20(17(2)23(16)33-6)15-26(3)24(28)18-9-11-27(12-10-18)34(29,30)19-7-8-21(31-4)22(13-19)32-5/h7-8,13-14,18H,9-12,15H2,1-6H3. The van der Waals surface area contributed by atoms with Gasteiger partial charge in [-0.25, -0.2) is 8.42 Å². The van der Waals surface area contributed by atoms with Crippen LogP contribution in [-0.4, -0.2) is 70.0 Å². The maximum absolute atomic E-state index is 13.1. The summed E-state index contributed by atoms with van der Waals surface area (Å²) in [5.41, 5.74) is 2.64. The minimum atomic E-state index is -3.71. The Morgan fingerprint density at radius 3 is 2.32 bits per heavy atom. The van der Waals surface area contributed by atoms with Gasteiger partial charge in [-0.2, -0.15) is 4.31 Å². The molecule has 1 aliphatic rings. The van der Waals surface area contributed by atoms with Crippen LogP contribution in [0.3, 0.4) is 0 Å². The van der Waals surface area contributed by atoms with E-state index in [1.165, 1.54) is 30.7 Å². The minimum absolute atomic E-state index is 0.0103. The van der Waals surface area contributed by atoms with Crippen LogP contribution < -0.4 is 14.2 Å². The lowest BCUT2D eigenvalue weighted by Gasteiger charge is -2.32. The van der Waals surface area contributed by atoms with E-state index < -0.39 is 10.0 Å². The minimum Gasteiger partial charge on any atom is -0.496 e. The maximum Gasteiger partial charge on any atom is 0.243 e. The van der Waals surface area contributed by atoms with Crippen molar-refractivity contribution in [2.75, 3.05) is 41.5 Å². The zero-order chi connectivity index (χ0) is 25.0. The smallest absolute Gasteiger partial charge is 0.243 e. The van der Waals surface area contributed by atoms with Crippen molar-refractivity contribution in [2.24, 2.45) is 5.92 Å². The van der Waals surface area contributed by atoms with Crippen LogP contribution in [0.5, 0.6) is 17.2 Å². The summed E-state index contributed by atoms with van der Waals surface area (Å²) < 4.78 is 43.6. The fourth-order valence-corrected chi connectivity index (χ4v) is 5.80. The number of ether oxygens (including phenoxy) is 3. The van der Waals surface area contributed by atoms with E-state index in [0.29, 0.717) is 30.9 Å². The van der Waals surface area contributed by atoms with Gasteiger partial charge in [0, 0.05) is 49.4 Å². The predicted octanol–water partition coefficient (Wildman–Crippen LogP) is 2.78. The molecule has 2 heterocycles. The second-order valence-electron chi connectivity index (χ2n) is 8.44. The van der Waals surface area contributed by atoms with Gasteiger partial charge in [-0.15, -0.1) is 0 Å². The highest BCUT2D eigenvalue weighted by Crippen LogP contribution is 2.32. The third-order valence-electron chi connectivity index (χ3n) is 6.31. The first kappa shape index (κ1) is 25.8. The number of nitrogens with zero attached hydrogens (tertiary/aromatic N) is 3. The van der Waals surface area contributed by atoms with Gasteiger partial charge in [0.1, 0.15) is 5.75 Å². The van der Waals surface area contributed by atoms with Crippen molar-refractivity contribution in [3.63, 3.8) is 0 Å². The van der Waals surface area contributed by atoms with Crippen LogP contribution in [0, 0.1) is 19.8 Å². The van der Waals surface area contributed by atoms with Crippen molar-refractivity contribution in [1.29, 1.82) is 0 Å². The van der Waals surface area contributed by atoms with Crippen LogP contribution in [0.15, 0.2) is 29.3 Å². The normalized spacial score (nSPS) is 15.1. The molecule has 0 spiro atoms. The fourth-order valence-electron chi connectivity index (χ4n) is 4.31. The van der Waals surface area contributed by atoms with E-state index in [-0.39, 0.29) is 29.8 Å². The van der Waals surface area contributed by atoms with Crippen LogP contribution >= 0.6 is 0 Å². The summed E-state index contributed by atoms with van der Waals surface area (Å²) in [4.78, 5) is 19.4. The van der Waals surface area contributed by atoms with Crippen LogP contribution in [-0.2, 0) is 21.4 Å². The van der Waals surface area contributed by atoms with Gasteiger partial charge in [0.25, 0.3) is 0 Å². The Hall–Kier alpha value is -2.85. The van der Waals surface area contributed by atoms with E-state index in [4.69, 9.17) is 14.2 Å². The highest BCUT2D eigenvalue weighted by molar-refractivity contribution is 7.89. The lowest BCUT2D eigenvalue weighted by molar-refractivity contribution is -0.136. The molecule has 1 amide bonds. The molecule has 0 N–H and O–H groups in total. The van der Waals surface area contributed by atoms with Gasteiger partial charge in [0.15, 0.2) is 11.5 Å². The van der Waals surface area contributed by atoms with Gasteiger partial charge in [0.05, 0.1) is 38.5 Å². The molecule has 1 aromatic heterocycles. The second kappa shape index (κ2) is 10.6. The average Bonchev–Trinajstić information content (AvgIpc) is 2.85. The zero-order valence-corrected chi connectivity index (χ0v) is 21.4. The number of amides is 1. The summed E-state index contributed by atoms with van der Waals surface area (Å²) in [6.45, 7) is 4.78. The Morgan fingerprint density at radius 1 is 1.09 bits per heavy atom. The van der Waals surface area contributed by atoms with Crippen molar-refractivity contribution in [1.82, 2.24) is 14.2 Å². The third kappa shape index (κ3) is 5.12. The highest BCUT2D eigenvalue weighted by Gasteiger charge is 2.33. The summed E-state index contributed by atoms with van der Waals surface area (Å²) in [6, 6.07) is 4.55. The number of carbonyl (C=O) groups is 1. The van der Waals surface area contributed by atoms with Crippen molar-refractivity contribution in [3.05, 3.63) is 41.2 Å². The molecule has 34 heavy (non-hydrogen) atoms. The van der Waals surface area contributed by atoms with Gasteiger partial charge < -0.3 is 19.1 Å². The summed E-state index contributed by atoms with van der Waals surface area (Å²) in [5, 5.41) is 0. The van der Waals surface area contributed by atoms with Gasteiger partial charge in [0.2, 0.25) is 15.9 Å². The van der Waals surface area contributed by atoms with Gasteiger partial charge in [-0.05, 0) is 38.8 Å². The topological polar surface area (TPSA) is 98.3 Å². The number of methoxy groups -OCH3 is 3. The van der Waals surface area contributed by atoms with E-state index in [0.717, 1.165) is 22.6 Å². The Bertz CT molecular complexity index is 1140. The second-order valence-corrected chi connectivity index (χ2v) is 10.4. The number of piperidine rings is 1. The first-order valence-electron chi connectivity index (χ1n) is 11.1. The van der Waals surface area contributed by atoms with Crippen molar-refractivity contribution in [2.45, 2.75) is 38.1 Å². The van der Waals surface area contributed by atoms with Gasteiger partial charge in [-0.1, -0.05) is 0 Å². The van der Waals surface area contributed by atoms with Crippen molar-refractivity contribution < 1.29 is 27.4 Å². The van der Waals surface area contributed by atoms with Crippen LogP contribution in [0.4, 0.5) is 0 Å². The molecule has 186 valence electrons. The molecule has 0 aliphatic carbocycles. The predicted molar refractivity (Wildman–Crippen MR) is 128 cm³/mol. The molecule has 0 unspecified atom stereocenters. The highest BCUT2D eigenvalue weighted by atomic mass is 32.2. The molecule has 0 radical (unpaired) electrons. The zero-order valence-electron chi connectivity index (χ0n) is 20.6. The number of pyridine rings is 1. The first-order valence-corrected chi connectivity index (χ1v) is 12.5. The van der Waals surface area contributed by atoms with E-state index in [1.54, 1.807) is 31.3 Å². The first-order chi connectivity index (χ1) is 16.1. The molecule has 9 nitrogen and oxygen atoms in total. The Balaban J connectivity index is 1.65. The van der Waals surface area contributed by atoms with Crippen LogP contribution in [0.2, 0.25) is 0 Å². The average molecular weight is 492 g/mol. The Kier molecular flexibility index (Phi) is 8.04. The van der Waals surface area contributed by atoms with E-state index in [1.807, 2.05) is 13.8 Å². The molecule has 1 aliphatic heterocycles. The van der Waals surface area contributed by atoms with Crippen molar-refractivity contribution in [3.8, 4) is 17.2 Å². The molecule has 3 rings (SSSR count). The van der Waals surface area contributed by atoms with Gasteiger partial charge in [-0.3, -0.25) is 9.78 Å². The van der Waals surface area contributed by atoms with Gasteiger partial charge >= 0.3 is 0 Å². The number of benzene rings is 1. The van der Waals surface area contributed by atoms with E-state index >= 15 is 0 Å². The number of sulfonamides is 1. The number of hydrogen-bond donors (Lipinski definition) is 0. The molecule has 1 saturated heterocycles. The Labute approximate surface area is 201 Å². The number of aromatic nitrogens is 1. The summed E-state index contributed by atoms with van der Waals surface area (Å²) in [6.07, 6.45) is 2.66. The Morgan fingerprint density at radius 2 is 1.74 bits per heavy atom. The molecule has 10 heteroatoms. The molecule has 0 bridgehead atoms. The lowest BCUT2D eigenvalue weighted by atomic mass is 9.96. The number of aryl methyl sites for hydroxylation is 1. The van der Waals surface area contributed by atoms with Crippen LogP contribution in [0.25, 0.3) is 0 Å². The molecule has 0 saturated carbocycles.